The van der Waals surface area contributed by atoms with Crippen LogP contribution in [0, 0.1) is 0 Å². The van der Waals surface area contributed by atoms with Gasteiger partial charge in [0.25, 0.3) is 5.91 Å². The zero-order valence-electron chi connectivity index (χ0n) is 14.3. The summed E-state index contributed by atoms with van der Waals surface area (Å²) in [6.45, 7) is 2.67. The fourth-order valence-electron chi connectivity index (χ4n) is 2.88. The molecule has 1 saturated heterocycles. The van der Waals surface area contributed by atoms with Crippen molar-refractivity contribution in [1.29, 1.82) is 0 Å². The molecule has 2 aromatic rings. The number of furan rings is 1. The van der Waals surface area contributed by atoms with E-state index in [0.29, 0.717) is 53.5 Å². The van der Waals surface area contributed by atoms with E-state index in [1.165, 1.54) is 17.8 Å². The normalized spacial score (nSPS) is 18.8. The zero-order valence-corrected chi connectivity index (χ0v) is 15.1. The van der Waals surface area contributed by atoms with E-state index in [-0.39, 0.29) is 11.5 Å². The summed E-state index contributed by atoms with van der Waals surface area (Å²) < 4.78 is 11.1. The number of ether oxygens (including phenoxy) is 1. The Balaban J connectivity index is 1.55. The van der Waals surface area contributed by atoms with E-state index in [2.05, 4.69) is 4.99 Å². The first-order valence-electron chi connectivity index (χ1n) is 8.39. The van der Waals surface area contributed by atoms with Crippen LogP contribution in [0.15, 0.2) is 50.7 Å². The molecule has 1 aromatic carbocycles. The maximum absolute atomic E-state index is 12.2. The lowest BCUT2D eigenvalue weighted by atomic mass is 10.1. The molecule has 0 bridgehead atoms. The monoisotopic (exact) mass is 384 g/mol. The molecule has 1 amide bonds. The van der Waals surface area contributed by atoms with Gasteiger partial charge in [0.2, 0.25) is 0 Å². The van der Waals surface area contributed by atoms with Crippen molar-refractivity contribution in [2.45, 2.75) is 0 Å². The van der Waals surface area contributed by atoms with E-state index in [4.69, 9.17) is 9.15 Å². The van der Waals surface area contributed by atoms with Crippen LogP contribution in [-0.2, 0) is 9.53 Å². The van der Waals surface area contributed by atoms with Crippen LogP contribution < -0.4 is 0 Å². The average molecular weight is 384 g/mol. The molecule has 0 atom stereocenters. The van der Waals surface area contributed by atoms with Crippen molar-refractivity contribution in [3.05, 3.63) is 52.6 Å². The standard InChI is InChI=1S/C19H16N2O5S/c22-17-16(27-19(20-17)21-7-9-25-10-8-21)11-12-5-6-15(26-12)13-3-1-2-4-14(13)18(23)24/h1-6,11H,7-10H2,(H,23,24)/b16-11-. The summed E-state index contributed by atoms with van der Waals surface area (Å²) in [7, 11) is 0. The number of amides is 1. The van der Waals surface area contributed by atoms with Crippen LogP contribution in [0.25, 0.3) is 17.4 Å². The van der Waals surface area contributed by atoms with Gasteiger partial charge in [0.1, 0.15) is 11.5 Å². The minimum atomic E-state index is -1.02. The number of carbonyl (C=O) groups excluding carboxylic acids is 1. The van der Waals surface area contributed by atoms with Crippen LogP contribution in [-0.4, -0.2) is 53.4 Å². The average Bonchev–Trinajstić information content (AvgIpc) is 3.30. The van der Waals surface area contributed by atoms with E-state index in [0.717, 1.165) is 0 Å². The lowest BCUT2D eigenvalue weighted by Gasteiger charge is -2.27. The van der Waals surface area contributed by atoms with Gasteiger partial charge < -0.3 is 19.2 Å². The smallest absolute Gasteiger partial charge is 0.336 e. The van der Waals surface area contributed by atoms with Crippen molar-refractivity contribution in [3.63, 3.8) is 0 Å². The van der Waals surface area contributed by atoms with Gasteiger partial charge in [-0.25, -0.2) is 4.79 Å². The molecule has 2 aliphatic rings. The summed E-state index contributed by atoms with van der Waals surface area (Å²) in [5, 5.41) is 10.00. The quantitative estimate of drug-likeness (QED) is 0.813. The second-order valence-corrected chi connectivity index (χ2v) is 6.97. The molecule has 0 aliphatic carbocycles. The van der Waals surface area contributed by atoms with Gasteiger partial charge in [0, 0.05) is 24.7 Å². The molecule has 8 heteroatoms. The van der Waals surface area contributed by atoms with Crippen molar-refractivity contribution in [1.82, 2.24) is 4.90 Å². The maximum atomic E-state index is 12.2. The Kier molecular flexibility index (Phi) is 4.83. The van der Waals surface area contributed by atoms with Crippen LogP contribution >= 0.6 is 11.8 Å². The molecule has 7 nitrogen and oxygen atoms in total. The number of carboxylic acid groups (broad SMARTS) is 1. The number of morpholine rings is 1. The van der Waals surface area contributed by atoms with Gasteiger partial charge in [-0.1, -0.05) is 18.2 Å². The minimum Gasteiger partial charge on any atom is -0.478 e. The molecule has 27 heavy (non-hydrogen) atoms. The number of aromatic carboxylic acids is 1. The van der Waals surface area contributed by atoms with Gasteiger partial charge in [-0.3, -0.25) is 4.79 Å². The first kappa shape index (κ1) is 17.6. The van der Waals surface area contributed by atoms with Crippen molar-refractivity contribution < 1.29 is 23.8 Å². The second-order valence-electron chi connectivity index (χ2n) is 5.96. The van der Waals surface area contributed by atoms with E-state index >= 15 is 0 Å². The number of carboxylic acids is 1. The molecule has 2 aliphatic heterocycles. The highest BCUT2D eigenvalue weighted by atomic mass is 32.2. The SMILES string of the molecule is O=C1N=C(N2CCOCC2)S/C1=C\c1ccc(-c2ccccc2C(=O)O)o1. The highest BCUT2D eigenvalue weighted by Crippen LogP contribution is 2.32. The summed E-state index contributed by atoms with van der Waals surface area (Å²) in [6, 6.07) is 10.0. The summed E-state index contributed by atoms with van der Waals surface area (Å²) in [6.07, 6.45) is 1.64. The number of thioether (sulfide) groups is 1. The molecule has 1 fully saturated rings. The summed E-state index contributed by atoms with van der Waals surface area (Å²) >= 11 is 1.31. The maximum Gasteiger partial charge on any atom is 0.336 e. The Labute approximate surface area is 159 Å². The second kappa shape index (κ2) is 7.42. The molecular weight excluding hydrogens is 368 g/mol. The first-order valence-corrected chi connectivity index (χ1v) is 9.21. The van der Waals surface area contributed by atoms with Crippen molar-refractivity contribution in [3.8, 4) is 11.3 Å². The Bertz CT molecular complexity index is 957. The first-order chi connectivity index (χ1) is 13.1. The Morgan fingerprint density at radius 3 is 2.74 bits per heavy atom. The van der Waals surface area contributed by atoms with Crippen LogP contribution in [0.2, 0.25) is 0 Å². The molecule has 0 radical (unpaired) electrons. The van der Waals surface area contributed by atoms with Crippen LogP contribution in [0.4, 0.5) is 0 Å². The number of carbonyl (C=O) groups is 2. The van der Waals surface area contributed by atoms with Crippen LogP contribution in [0.5, 0.6) is 0 Å². The van der Waals surface area contributed by atoms with E-state index < -0.39 is 5.97 Å². The predicted molar refractivity (Wildman–Crippen MR) is 102 cm³/mol. The third-order valence-corrected chi connectivity index (χ3v) is 5.26. The van der Waals surface area contributed by atoms with E-state index in [9.17, 15) is 14.7 Å². The van der Waals surface area contributed by atoms with Gasteiger partial charge in [-0.15, -0.1) is 0 Å². The number of amidine groups is 1. The molecule has 138 valence electrons. The Morgan fingerprint density at radius 2 is 1.96 bits per heavy atom. The Morgan fingerprint density at radius 1 is 1.19 bits per heavy atom. The molecule has 0 saturated carbocycles. The van der Waals surface area contributed by atoms with Crippen molar-refractivity contribution >= 4 is 34.9 Å². The van der Waals surface area contributed by atoms with Gasteiger partial charge in [0.15, 0.2) is 5.17 Å². The topological polar surface area (TPSA) is 92.3 Å². The van der Waals surface area contributed by atoms with Gasteiger partial charge >= 0.3 is 5.97 Å². The lowest BCUT2D eigenvalue weighted by Crippen LogP contribution is -2.38. The molecule has 0 unspecified atom stereocenters. The number of rotatable bonds is 3. The number of hydrogen-bond acceptors (Lipinski definition) is 6. The zero-order chi connectivity index (χ0) is 18.8. The summed E-state index contributed by atoms with van der Waals surface area (Å²) in [5.41, 5.74) is 0.653. The van der Waals surface area contributed by atoms with Crippen molar-refractivity contribution in [2.24, 2.45) is 4.99 Å². The molecular formula is C19H16N2O5S. The number of nitrogens with zero attached hydrogens (tertiary/aromatic N) is 2. The van der Waals surface area contributed by atoms with E-state index in [1.54, 1.807) is 36.4 Å². The van der Waals surface area contributed by atoms with Gasteiger partial charge in [-0.2, -0.15) is 4.99 Å². The van der Waals surface area contributed by atoms with Crippen LogP contribution in [0.1, 0.15) is 16.1 Å². The molecule has 1 N–H and O–H groups in total. The lowest BCUT2D eigenvalue weighted by molar-refractivity contribution is -0.113. The minimum absolute atomic E-state index is 0.162. The third kappa shape index (κ3) is 3.67. The number of benzene rings is 1. The highest BCUT2D eigenvalue weighted by molar-refractivity contribution is 8.18. The van der Waals surface area contributed by atoms with E-state index in [1.807, 2.05) is 4.90 Å². The molecule has 0 spiro atoms. The highest BCUT2D eigenvalue weighted by Gasteiger charge is 2.27. The van der Waals surface area contributed by atoms with Crippen LogP contribution in [0.3, 0.4) is 0 Å². The van der Waals surface area contributed by atoms with Gasteiger partial charge in [-0.05, 0) is 30.0 Å². The largest absolute Gasteiger partial charge is 0.478 e. The number of hydrogen-bond donors (Lipinski definition) is 1. The fourth-order valence-corrected chi connectivity index (χ4v) is 3.82. The van der Waals surface area contributed by atoms with Gasteiger partial charge in [0.05, 0.1) is 23.7 Å². The fraction of sp³-hybridized carbons (Fsp3) is 0.211. The Hall–Kier alpha value is -2.84. The molecule has 4 rings (SSSR count). The summed E-state index contributed by atoms with van der Waals surface area (Å²) in [5.74, 6) is -0.415. The third-order valence-electron chi connectivity index (χ3n) is 4.21. The predicted octanol–water partition coefficient (Wildman–Crippen LogP) is 2.95. The summed E-state index contributed by atoms with van der Waals surface area (Å²) in [4.78, 5) is 30.2. The number of aliphatic imine (C=N–C) groups is 1. The molecule has 1 aromatic heterocycles. The van der Waals surface area contributed by atoms with Crippen molar-refractivity contribution in [2.75, 3.05) is 26.3 Å². The molecule has 3 heterocycles.